The third kappa shape index (κ3) is 4.67. The number of hydrogen-bond donors (Lipinski definition) is 1. The van der Waals surface area contributed by atoms with E-state index in [1.807, 2.05) is 54.6 Å². The van der Waals surface area contributed by atoms with Crippen molar-refractivity contribution >= 4 is 27.2 Å². The van der Waals surface area contributed by atoms with Gasteiger partial charge in [-0.1, -0.05) is 41.5 Å². The summed E-state index contributed by atoms with van der Waals surface area (Å²) >= 11 is 1.73. The SMILES string of the molecule is Cc1ccc2nc(-c3ccc(NCc4ccc(Oc5nnnn5-c5ccccc5)cc4)cc3)sc2c1. The van der Waals surface area contributed by atoms with Gasteiger partial charge in [0.05, 0.1) is 15.9 Å². The molecule has 0 unspecified atom stereocenters. The van der Waals surface area contributed by atoms with Crippen molar-refractivity contribution in [3.8, 4) is 28.0 Å². The maximum atomic E-state index is 5.91. The van der Waals surface area contributed by atoms with Crippen molar-refractivity contribution in [2.75, 3.05) is 5.32 Å². The van der Waals surface area contributed by atoms with Crippen molar-refractivity contribution < 1.29 is 4.74 Å². The number of hydrogen-bond acceptors (Lipinski definition) is 7. The second-order valence-corrected chi connectivity index (χ2v) is 9.41. The molecule has 8 heteroatoms. The summed E-state index contributed by atoms with van der Waals surface area (Å²) in [5.74, 6) is 0.668. The molecule has 176 valence electrons. The van der Waals surface area contributed by atoms with Crippen LogP contribution in [0.2, 0.25) is 0 Å². The van der Waals surface area contributed by atoms with Crippen LogP contribution < -0.4 is 10.1 Å². The minimum Gasteiger partial charge on any atom is -0.423 e. The molecule has 0 atom stereocenters. The van der Waals surface area contributed by atoms with E-state index in [9.17, 15) is 0 Å². The molecule has 6 aromatic rings. The molecule has 0 aliphatic rings. The van der Waals surface area contributed by atoms with Crippen molar-refractivity contribution in [1.29, 1.82) is 0 Å². The van der Waals surface area contributed by atoms with Crippen LogP contribution in [0.25, 0.3) is 26.5 Å². The van der Waals surface area contributed by atoms with Gasteiger partial charge in [-0.05, 0) is 89.1 Å². The molecule has 0 amide bonds. The lowest BCUT2D eigenvalue weighted by atomic mass is 10.2. The summed E-state index contributed by atoms with van der Waals surface area (Å²) in [5.41, 5.74) is 6.45. The average Bonchev–Trinajstić information content (AvgIpc) is 3.56. The monoisotopic (exact) mass is 490 g/mol. The summed E-state index contributed by atoms with van der Waals surface area (Å²) in [6, 6.07) is 32.6. The van der Waals surface area contributed by atoms with Crippen molar-refractivity contribution in [2.24, 2.45) is 0 Å². The number of rotatable bonds is 7. The largest absolute Gasteiger partial charge is 0.423 e. The normalized spacial score (nSPS) is 11.0. The number of nitrogens with zero attached hydrogens (tertiary/aromatic N) is 5. The highest BCUT2D eigenvalue weighted by atomic mass is 32.1. The molecule has 36 heavy (non-hydrogen) atoms. The van der Waals surface area contributed by atoms with Crippen molar-refractivity contribution in [2.45, 2.75) is 13.5 Å². The number of aromatic nitrogens is 5. The van der Waals surface area contributed by atoms with Crippen LogP contribution in [0.3, 0.4) is 0 Å². The van der Waals surface area contributed by atoms with Gasteiger partial charge in [0.25, 0.3) is 0 Å². The second kappa shape index (κ2) is 9.59. The predicted octanol–water partition coefficient (Wildman–Crippen LogP) is 6.65. The molecule has 2 heterocycles. The van der Waals surface area contributed by atoms with Crippen LogP contribution in [0, 0.1) is 6.92 Å². The number of tetrazole rings is 1. The van der Waals surface area contributed by atoms with E-state index in [1.54, 1.807) is 16.0 Å². The average molecular weight is 491 g/mol. The Balaban J connectivity index is 1.08. The lowest BCUT2D eigenvalue weighted by molar-refractivity contribution is 0.427. The van der Waals surface area contributed by atoms with Gasteiger partial charge >= 0.3 is 6.01 Å². The van der Waals surface area contributed by atoms with E-state index in [2.05, 4.69) is 70.2 Å². The molecule has 6 rings (SSSR count). The van der Waals surface area contributed by atoms with Crippen LogP contribution in [-0.2, 0) is 6.54 Å². The van der Waals surface area contributed by atoms with E-state index in [-0.39, 0.29) is 0 Å². The van der Waals surface area contributed by atoms with E-state index < -0.39 is 0 Å². The molecule has 0 aliphatic heterocycles. The number of fused-ring (bicyclic) bond motifs is 1. The molecular weight excluding hydrogens is 468 g/mol. The third-order valence-corrected chi connectivity index (χ3v) is 6.81. The molecule has 0 saturated carbocycles. The van der Waals surface area contributed by atoms with Gasteiger partial charge in [0.2, 0.25) is 0 Å². The fraction of sp³-hybridized carbons (Fsp3) is 0.0714. The Kier molecular flexibility index (Phi) is 5.85. The van der Waals surface area contributed by atoms with Gasteiger partial charge in [0.15, 0.2) is 0 Å². The maximum absolute atomic E-state index is 5.91. The lowest BCUT2D eigenvalue weighted by Crippen LogP contribution is -2.01. The molecule has 7 nitrogen and oxygen atoms in total. The summed E-state index contributed by atoms with van der Waals surface area (Å²) in [4.78, 5) is 4.78. The van der Waals surface area contributed by atoms with Crippen molar-refractivity contribution in [1.82, 2.24) is 25.2 Å². The van der Waals surface area contributed by atoms with E-state index in [1.165, 1.54) is 10.3 Å². The number of benzene rings is 4. The zero-order chi connectivity index (χ0) is 24.3. The lowest BCUT2D eigenvalue weighted by Gasteiger charge is -2.09. The van der Waals surface area contributed by atoms with Gasteiger partial charge in [0.1, 0.15) is 10.8 Å². The van der Waals surface area contributed by atoms with Gasteiger partial charge in [-0.25, -0.2) is 4.98 Å². The topological polar surface area (TPSA) is 77.8 Å². The fourth-order valence-corrected chi connectivity index (χ4v) is 4.91. The highest BCUT2D eigenvalue weighted by Crippen LogP contribution is 2.31. The third-order valence-electron chi connectivity index (χ3n) is 5.75. The first-order chi connectivity index (χ1) is 17.7. The number of nitrogens with one attached hydrogen (secondary N) is 1. The minimum atomic E-state index is 0.315. The summed E-state index contributed by atoms with van der Waals surface area (Å²) in [7, 11) is 0. The van der Waals surface area contributed by atoms with Crippen LogP contribution in [-0.4, -0.2) is 25.2 Å². The first-order valence-electron chi connectivity index (χ1n) is 11.5. The van der Waals surface area contributed by atoms with E-state index in [0.717, 1.165) is 33.0 Å². The van der Waals surface area contributed by atoms with E-state index >= 15 is 0 Å². The van der Waals surface area contributed by atoms with Crippen LogP contribution in [0.15, 0.2) is 97.1 Å². The standard InChI is InChI=1S/C28H22N6OS/c1-19-7-16-25-26(17-19)36-27(30-25)21-10-12-22(13-11-21)29-18-20-8-14-24(15-9-20)35-28-31-32-33-34(28)23-5-3-2-4-6-23/h2-17,29H,18H2,1H3. The molecule has 0 aliphatic carbocycles. The van der Waals surface area contributed by atoms with Gasteiger partial charge in [-0.3, -0.25) is 0 Å². The number of ether oxygens (including phenoxy) is 1. The number of para-hydroxylation sites is 1. The van der Waals surface area contributed by atoms with Crippen LogP contribution >= 0.6 is 11.3 Å². The molecular formula is C28H22N6OS. The van der Waals surface area contributed by atoms with Crippen molar-refractivity contribution in [3.63, 3.8) is 0 Å². The number of anilines is 1. The Hall–Kier alpha value is -4.56. The zero-order valence-electron chi connectivity index (χ0n) is 19.5. The molecule has 4 aromatic carbocycles. The summed E-state index contributed by atoms with van der Waals surface area (Å²) in [6.45, 7) is 2.80. The highest BCUT2D eigenvalue weighted by molar-refractivity contribution is 7.21. The molecule has 0 radical (unpaired) electrons. The van der Waals surface area contributed by atoms with Gasteiger partial charge in [-0.2, -0.15) is 4.68 Å². The molecule has 1 N–H and O–H groups in total. The molecule has 0 spiro atoms. The highest BCUT2D eigenvalue weighted by Gasteiger charge is 2.11. The zero-order valence-corrected chi connectivity index (χ0v) is 20.3. The number of thiazole rings is 1. The molecule has 0 fully saturated rings. The van der Waals surface area contributed by atoms with Gasteiger partial charge in [0, 0.05) is 17.8 Å². The van der Waals surface area contributed by atoms with Crippen LogP contribution in [0.4, 0.5) is 5.69 Å². The van der Waals surface area contributed by atoms with Crippen LogP contribution in [0.5, 0.6) is 11.8 Å². The second-order valence-electron chi connectivity index (χ2n) is 8.38. The molecule has 0 saturated heterocycles. The van der Waals surface area contributed by atoms with E-state index in [0.29, 0.717) is 18.3 Å². The van der Waals surface area contributed by atoms with Gasteiger partial charge < -0.3 is 10.1 Å². The Morgan fingerprint density at radius 1 is 0.889 bits per heavy atom. The predicted molar refractivity (Wildman–Crippen MR) is 143 cm³/mol. The first-order valence-corrected chi connectivity index (χ1v) is 12.3. The summed E-state index contributed by atoms with van der Waals surface area (Å²) in [5, 5.41) is 16.3. The molecule has 2 aromatic heterocycles. The van der Waals surface area contributed by atoms with Crippen molar-refractivity contribution in [3.05, 3.63) is 108 Å². The summed E-state index contributed by atoms with van der Waals surface area (Å²) < 4.78 is 8.69. The minimum absolute atomic E-state index is 0.315. The fourth-order valence-electron chi connectivity index (χ4n) is 3.84. The van der Waals surface area contributed by atoms with E-state index in [4.69, 9.17) is 9.72 Å². The Morgan fingerprint density at radius 3 is 2.50 bits per heavy atom. The number of aryl methyl sites for hydroxylation is 1. The summed E-state index contributed by atoms with van der Waals surface area (Å²) in [6.07, 6.45) is 0. The Bertz CT molecular complexity index is 1610. The first kappa shape index (κ1) is 21.9. The molecule has 0 bridgehead atoms. The van der Waals surface area contributed by atoms with Gasteiger partial charge in [-0.15, -0.1) is 11.3 Å². The Morgan fingerprint density at radius 2 is 1.69 bits per heavy atom. The quantitative estimate of drug-likeness (QED) is 0.270. The smallest absolute Gasteiger partial charge is 0.345 e. The van der Waals surface area contributed by atoms with Crippen LogP contribution in [0.1, 0.15) is 11.1 Å². The maximum Gasteiger partial charge on any atom is 0.345 e. The Labute approximate surface area is 212 Å².